The van der Waals surface area contributed by atoms with E-state index in [9.17, 15) is 4.79 Å². The number of pyridine rings is 1. The number of anilines is 1. The number of nitrogens with one attached hydrogen (secondary N) is 2. The Morgan fingerprint density at radius 3 is 2.74 bits per heavy atom. The minimum absolute atomic E-state index is 0.117. The molecule has 1 saturated heterocycles. The summed E-state index contributed by atoms with van der Waals surface area (Å²) < 4.78 is 10.8. The van der Waals surface area contributed by atoms with Crippen molar-refractivity contribution in [2.45, 2.75) is 19.9 Å². The van der Waals surface area contributed by atoms with Crippen LogP contribution in [0.5, 0.6) is 5.75 Å². The van der Waals surface area contributed by atoms with Gasteiger partial charge in [-0.15, -0.1) is 0 Å². The number of ether oxygens (including phenoxy) is 2. The van der Waals surface area contributed by atoms with Gasteiger partial charge < -0.3 is 24.7 Å². The number of fused-ring (bicyclic) bond motifs is 1. The van der Waals surface area contributed by atoms with Crippen molar-refractivity contribution in [1.82, 2.24) is 14.8 Å². The maximum Gasteiger partial charge on any atom is 0.253 e. The Bertz CT molecular complexity index is 1190. The van der Waals surface area contributed by atoms with Gasteiger partial charge in [0.15, 0.2) is 5.11 Å². The molecule has 1 aromatic heterocycles. The first-order valence-corrected chi connectivity index (χ1v) is 12.1. The summed E-state index contributed by atoms with van der Waals surface area (Å²) in [6.45, 7) is 7.42. The molecule has 2 heterocycles. The fourth-order valence-electron chi connectivity index (χ4n) is 4.16. The monoisotopic (exact) mass is 480 g/mol. The maximum absolute atomic E-state index is 12.9. The van der Waals surface area contributed by atoms with Crippen LogP contribution in [0.4, 0.5) is 5.69 Å². The molecule has 0 saturated carbocycles. The smallest absolute Gasteiger partial charge is 0.253 e. The van der Waals surface area contributed by atoms with E-state index in [-0.39, 0.29) is 5.56 Å². The van der Waals surface area contributed by atoms with Crippen LogP contribution in [0.15, 0.2) is 53.3 Å². The first-order valence-electron chi connectivity index (χ1n) is 11.7. The topological polar surface area (TPSA) is 69.8 Å². The summed E-state index contributed by atoms with van der Waals surface area (Å²) in [5.74, 6) is 0.711. The highest BCUT2D eigenvalue weighted by Gasteiger charge is 2.17. The molecule has 0 radical (unpaired) electrons. The van der Waals surface area contributed by atoms with Gasteiger partial charge in [-0.1, -0.05) is 25.1 Å². The first kappa shape index (κ1) is 24.2. The quantitative estimate of drug-likeness (QED) is 0.477. The number of morpholine rings is 1. The Morgan fingerprint density at radius 1 is 1.18 bits per heavy atom. The van der Waals surface area contributed by atoms with Gasteiger partial charge in [0.25, 0.3) is 5.56 Å². The van der Waals surface area contributed by atoms with Crippen molar-refractivity contribution in [2.24, 2.45) is 0 Å². The molecule has 0 spiro atoms. The second-order valence-electron chi connectivity index (χ2n) is 8.39. The summed E-state index contributed by atoms with van der Waals surface area (Å²) in [4.78, 5) is 20.4. The molecule has 0 aliphatic carbocycles. The molecule has 2 N–H and O–H groups in total. The highest BCUT2D eigenvalue weighted by Crippen LogP contribution is 2.20. The van der Waals surface area contributed by atoms with Gasteiger partial charge in [-0.2, -0.15) is 0 Å². The van der Waals surface area contributed by atoms with Crippen molar-refractivity contribution in [2.75, 3.05) is 51.8 Å². The van der Waals surface area contributed by atoms with Crippen molar-refractivity contribution >= 4 is 33.9 Å². The largest absolute Gasteiger partial charge is 0.497 e. The number of methoxy groups -OCH3 is 1. The number of aromatic amines is 1. The minimum atomic E-state index is -0.117. The number of hydrogen-bond acceptors (Lipinski definition) is 5. The molecule has 180 valence electrons. The van der Waals surface area contributed by atoms with Gasteiger partial charge in [0.05, 0.1) is 32.4 Å². The van der Waals surface area contributed by atoms with Crippen LogP contribution < -0.4 is 15.6 Å². The van der Waals surface area contributed by atoms with Crippen LogP contribution in [-0.4, -0.2) is 66.4 Å². The fraction of sp³-hybridized carbons (Fsp3) is 0.385. The van der Waals surface area contributed by atoms with E-state index >= 15 is 0 Å². The Labute approximate surface area is 205 Å². The second kappa shape index (κ2) is 11.5. The molecule has 3 aromatic rings. The molecule has 1 aliphatic rings. The third-order valence-corrected chi connectivity index (χ3v) is 6.57. The SMILES string of the molecule is CCc1ccccc1NC(=S)N(CCN1CCOCC1)Cc1cc2ccc(OC)cc2[nH]c1=O. The van der Waals surface area contributed by atoms with Gasteiger partial charge in [-0.25, -0.2) is 0 Å². The van der Waals surface area contributed by atoms with Crippen LogP contribution >= 0.6 is 12.2 Å². The van der Waals surface area contributed by atoms with Gasteiger partial charge in [0.2, 0.25) is 0 Å². The van der Waals surface area contributed by atoms with E-state index in [4.69, 9.17) is 21.7 Å². The molecule has 0 unspecified atom stereocenters. The van der Waals surface area contributed by atoms with Crippen molar-refractivity contribution < 1.29 is 9.47 Å². The Morgan fingerprint density at radius 2 is 1.97 bits per heavy atom. The van der Waals surface area contributed by atoms with Gasteiger partial charge in [-0.05, 0) is 53.9 Å². The highest BCUT2D eigenvalue weighted by atomic mass is 32.1. The summed E-state index contributed by atoms with van der Waals surface area (Å²) in [6, 6.07) is 15.8. The zero-order chi connectivity index (χ0) is 23.9. The van der Waals surface area contributed by atoms with E-state index in [1.54, 1.807) is 7.11 Å². The summed E-state index contributed by atoms with van der Waals surface area (Å²) in [6.07, 6.45) is 0.910. The molecular formula is C26H32N4O3S. The Hall–Kier alpha value is -2.94. The molecule has 1 aliphatic heterocycles. The lowest BCUT2D eigenvalue weighted by Gasteiger charge is -2.31. The number of aromatic nitrogens is 1. The molecule has 8 heteroatoms. The van der Waals surface area contributed by atoms with Crippen LogP contribution in [0.1, 0.15) is 18.1 Å². The standard InChI is InChI=1S/C26H32N4O3S/c1-3-19-6-4-5-7-23(19)28-26(34)30(11-10-29-12-14-33-15-13-29)18-21-16-20-8-9-22(32-2)17-24(20)27-25(21)31/h4-9,16-17H,3,10-15,18H2,1-2H3,(H,27,31)(H,28,34). The van der Waals surface area contributed by atoms with E-state index in [0.717, 1.165) is 55.9 Å². The summed E-state index contributed by atoms with van der Waals surface area (Å²) in [5.41, 5.74) is 3.52. The lowest BCUT2D eigenvalue weighted by Crippen LogP contribution is -2.44. The van der Waals surface area contributed by atoms with Crippen LogP contribution in [0.3, 0.4) is 0 Å². The van der Waals surface area contributed by atoms with Crippen LogP contribution in [0.25, 0.3) is 10.9 Å². The van der Waals surface area contributed by atoms with Gasteiger partial charge in [-0.3, -0.25) is 9.69 Å². The van der Waals surface area contributed by atoms with E-state index in [1.807, 2.05) is 42.5 Å². The number of H-pyrrole nitrogens is 1. The van der Waals surface area contributed by atoms with Crippen molar-refractivity contribution in [1.29, 1.82) is 0 Å². The average Bonchev–Trinajstić information content (AvgIpc) is 2.87. The number of hydrogen-bond donors (Lipinski definition) is 2. The third-order valence-electron chi connectivity index (χ3n) is 6.21. The van der Waals surface area contributed by atoms with Crippen LogP contribution in [0.2, 0.25) is 0 Å². The molecule has 2 aromatic carbocycles. The van der Waals surface area contributed by atoms with Crippen molar-refractivity contribution in [3.8, 4) is 5.75 Å². The zero-order valence-corrected chi connectivity index (χ0v) is 20.6. The predicted octanol–water partition coefficient (Wildman–Crippen LogP) is 3.63. The Kier molecular flexibility index (Phi) is 8.16. The summed E-state index contributed by atoms with van der Waals surface area (Å²) in [7, 11) is 1.62. The minimum Gasteiger partial charge on any atom is -0.497 e. The lowest BCUT2D eigenvalue weighted by molar-refractivity contribution is 0.0358. The fourth-order valence-corrected chi connectivity index (χ4v) is 4.43. The number of para-hydroxylation sites is 1. The molecule has 34 heavy (non-hydrogen) atoms. The Balaban J connectivity index is 1.57. The maximum atomic E-state index is 12.9. The van der Waals surface area contributed by atoms with Crippen molar-refractivity contribution in [3.63, 3.8) is 0 Å². The van der Waals surface area contributed by atoms with Gasteiger partial charge >= 0.3 is 0 Å². The average molecular weight is 481 g/mol. The van der Waals surface area contributed by atoms with Gasteiger partial charge in [0, 0.05) is 43.5 Å². The van der Waals surface area contributed by atoms with Crippen molar-refractivity contribution in [3.05, 3.63) is 70.0 Å². The number of benzene rings is 2. The van der Waals surface area contributed by atoms with E-state index in [1.165, 1.54) is 5.56 Å². The predicted molar refractivity (Wildman–Crippen MR) is 141 cm³/mol. The van der Waals surface area contributed by atoms with E-state index in [0.29, 0.717) is 29.5 Å². The molecule has 0 bridgehead atoms. The number of thiocarbonyl (C=S) groups is 1. The van der Waals surface area contributed by atoms with Gasteiger partial charge in [0.1, 0.15) is 5.75 Å². The van der Waals surface area contributed by atoms with Crippen LogP contribution in [-0.2, 0) is 17.7 Å². The molecule has 4 rings (SSSR count). The van der Waals surface area contributed by atoms with E-state index < -0.39 is 0 Å². The summed E-state index contributed by atoms with van der Waals surface area (Å²) in [5, 5.41) is 5.00. The summed E-state index contributed by atoms with van der Waals surface area (Å²) >= 11 is 5.85. The first-order chi connectivity index (χ1) is 16.6. The molecule has 0 atom stereocenters. The number of rotatable bonds is 8. The number of nitrogens with zero attached hydrogens (tertiary/aromatic N) is 2. The third kappa shape index (κ3) is 5.94. The highest BCUT2D eigenvalue weighted by molar-refractivity contribution is 7.80. The lowest BCUT2D eigenvalue weighted by atomic mass is 10.1. The normalized spacial score (nSPS) is 14.2. The molecular weight excluding hydrogens is 448 g/mol. The number of aryl methyl sites for hydroxylation is 1. The molecule has 1 fully saturated rings. The zero-order valence-electron chi connectivity index (χ0n) is 19.8. The molecule has 7 nitrogen and oxygen atoms in total. The van der Waals surface area contributed by atoms with Crippen LogP contribution in [0, 0.1) is 0 Å². The molecule has 0 amide bonds. The second-order valence-corrected chi connectivity index (χ2v) is 8.78. The van der Waals surface area contributed by atoms with E-state index in [2.05, 4.69) is 33.1 Å².